The fourth-order valence-corrected chi connectivity index (χ4v) is 5.29. The molecule has 0 spiro atoms. The SMILES string of the molecule is CN(Cc1ccccc1)C(=O)c1ccccc1NC(=O)C1CCN(C(=O)C2CC(=O)N(C(C)(C)C)C2)CC1. The number of rotatable bonds is 6. The van der Waals surface area contributed by atoms with Crippen molar-refractivity contribution in [1.29, 1.82) is 0 Å². The number of benzene rings is 2. The lowest BCUT2D eigenvalue weighted by Crippen LogP contribution is -2.46. The first-order valence-corrected chi connectivity index (χ1v) is 13.3. The van der Waals surface area contributed by atoms with Crippen molar-refractivity contribution in [2.45, 2.75) is 52.1 Å². The van der Waals surface area contributed by atoms with Crippen molar-refractivity contribution in [2.24, 2.45) is 11.8 Å². The van der Waals surface area contributed by atoms with E-state index in [-0.39, 0.29) is 47.4 Å². The molecule has 2 fully saturated rings. The molecule has 0 aliphatic carbocycles. The Morgan fingerprint density at radius 3 is 2.21 bits per heavy atom. The van der Waals surface area contributed by atoms with Crippen molar-refractivity contribution >= 4 is 29.3 Å². The van der Waals surface area contributed by atoms with E-state index >= 15 is 0 Å². The van der Waals surface area contributed by atoms with Crippen molar-refractivity contribution < 1.29 is 19.2 Å². The second-order valence-corrected chi connectivity index (χ2v) is 11.4. The molecule has 2 saturated heterocycles. The van der Waals surface area contributed by atoms with Crippen LogP contribution in [-0.4, -0.2) is 70.5 Å². The van der Waals surface area contributed by atoms with Crippen LogP contribution in [0.4, 0.5) is 5.69 Å². The van der Waals surface area contributed by atoms with Gasteiger partial charge in [-0.3, -0.25) is 19.2 Å². The van der Waals surface area contributed by atoms with Gasteiger partial charge in [0.05, 0.1) is 17.2 Å². The van der Waals surface area contributed by atoms with Crippen LogP contribution in [0.1, 0.15) is 56.0 Å². The zero-order valence-electron chi connectivity index (χ0n) is 22.8. The van der Waals surface area contributed by atoms with Gasteiger partial charge in [-0.05, 0) is 51.3 Å². The minimum atomic E-state index is -0.321. The van der Waals surface area contributed by atoms with Crippen LogP contribution < -0.4 is 5.32 Å². The third-order valence-corrected chi connectivity index (χ3v) is 7.49. The Hall–Kier alpha value is -3.68. The number of likely N-dealkylation sites (tertiary alicyclic amines) is 2. The molecule has 2 aliphatic heterocycles. The molecule has 0 bridgehead atoms. The predicted molar refractivity (Wildman–Crippen MR) is 146 cm³/mol. The largest absolute Gasteiger partial charge is 0.342 e. The number of nitrogens with zero attached hydrogens (tertiary/aromatic N) is 3. The van der Waals surface area contributed by atoms with Gasteiger partial charge in [-0.2, -0.15) is 0 Å². The number of piperidine rings is 1. The molecule has 0 radical (unpaired) electrons. The van der Waals surface area contributed by atoms with E-state index in [0.717, 1.165) is 5.56 Å². The van der Waals surface area contributed by atoms with Gasteiger partial charge in [0, 0.05) is 51.1 Å². The highest BCUT2D eigenvalue weighted by Gasteiger charge is 2.41. The second kappa shape index (κ2) is 11.4. The minimum Gasteiger partial charge on any atom is -0.342 e. The smallest absolute Gasteiger partial charge is 0.256 e. The third kappa shape index (κ3) is 6.23. The number of hydrogen-bond acceptors (Lipinski definition) is 4. The predicted octanol–water partition coefficient (Wildman–Crippen LogP) is 3.78. The second-order valence-electron chi connectivity index (χ2n) is 11.4. The lowest BCUT2D eigenvalue weighted by molar-refractivity contribution is -0.138. The highest BCUT2D eigenvalue weighted by molar-refractivity contribution is 6.04. The molecule has 2 heterocycles. The molecule has 202 valence electrons. The maximum atomic E-state index is 13.2. The van der Waals surface area contributed by atoms with Crippen molar-refractivity contribution in [2.75, 3.05) is 32.0 Å². The van der Waals surface area contributed by atoms with E-state index < -0.39 is 0 Å². The Morgan fingerprint density at radius 2 is 1.58 bits per heavy atom. The summed E-state index contributed by atoms with van der Waals surface area (Å²) in [5.41, 5.74) is 1.67. The third-order valence-electron chi connectivity index (χ3n) is 7.49. The van der Waals surface area contributed by atoms with Crippen LogP contribution in [-0.2, 0) is 20.9 Å². The van der Waals surface area contributed by atoms with E-state index in [9.17, 15) is 19.2 Å². The molecule has 0 aromatic heterocycles. The Kier molecular flexibility index (Phi) is 8.19. The first kappa shape index (κ1) is 27.4. The van der Waals surface area contributed by atoms with E-state index in [0.29, 0.717) is 50.3 Å². The van der Waals surface area contributed by atoms with Gasteiger partial charge in [-0.1, -0.05) is 42.5 Å². The van der Waals surface area contributed by atoms with Crippen LogP contribution in [0, 0.1) is 11.8 Å². The topological polar surface area (TPSA) is 90.0 Å². The molecule has 2 aliphatic rings. The van der Waals surface area contributed by atoms with Crippen LogP contribution in [0.25, 0.3) is 0 Å². The van der Waals surface area contributed by atoms with Crippen LogP contribution in [0.2, 0.25) is 0 Å². The van der Waals surface area contributed by atoms with Crippen molar-refractivity contribution in [3.63, 3.8) is 0 Å². The van der Waals surface area contributed by atoms with Gasteiger partial charge >= 0.3 is 0 Å². The summed E-state index contributed by atoms with van der Waals surface area (Å²) in [6.07, 6.45) is 1.34. The van der Waals surface area contributed by atoms with Crippen LogP contribution in [0.5, 0.6) is 0 Å². The van der Waals surface area contributed by atoms with Gasteiger partial charge in [0.15, 0.2) is 0 Å². The Labute approximate surface area is 225 Å². The molecule has 2 aromatic carbocycles. The van der Waals surface area contributed by atoms with E-state index in [1.54, 1.807) is 46.0 Å². The molecule has 1 N–H and O–H groups in total. The highest BCUT2D eigenvalue weighted by atomic mass is 16.2. The Balaban J connectivity index is 1.33. The molecule has 1 atom stereocenters. The van der Waals surface area contributed by atoms with Crippen LogP contribution >= 0.6 is 0 Å². The molecule has 8 heteroatoms. The van der Waals surface area contributed by atoms with Gasteiger partial charge in [0.25, 0.3) is 5.91 Å². The number of anilines is 1. The number of amides is 4. The van der Waals surface area contributed by atoms with Crippen LogP contribution in [0.15, 0.2) is 54.6 Å². The number of para-hydroxylation sites is 1. The summed E-state index contributed by atoms with van der Waals surface area (Å²) in [6, 6.07) is 16.8. The highest BCUT2D eigenvalue weighted by Crippen LogP contribution is 2.29. The zero-order valence-corrected chi connectivity index (χ0v) is 22.8. The van der Waals surface area contributed by atoms with Gasteiger partial charge in [-0.25, -0.2) is 0 Å². The van der Waals surface area contributed by atoms with Crippen molar-refractivity contribution in [3.05, 3.63) is 65.7 Å². The molecule has 2 aromatic rings. The number of nitrogens with one attached hydrogen (secondary N) is 1. The van der Waals surface area contributed by atoms with E-state index in [1.807, 2.05) is 51.1 Å². The Bertz CT molecular complexity index is 1180. The molecule has 1 unspecified atom stereocenters. The monoisotopic (exact) mass is 518 g/mol. The van der Waals surface area contributed by atoms with E-state index in [4.69, 9.17) is 0 Å². The summed E-state index contributed by atoms with van der Waals surface area (Å²) in [5, 5.41) is 2.97. The maximum Gasteiger partial charge on any atom is 0.256 e. The molecule has 4 rings (SSSR count). The lowest BCUT2D eigenvalue weighted by atomic mass is 9.94. The van der Waals surface area contributed by atoms with E-state index in [1.165, 1.54) is 0 Å². The zero-order chi connectivity index (χ0) is 27.4. The van der Waals surface area contributed by atoms with Crippen molar-refractivity contribution in [3.8, 4) is 0 Å². The molecule has 4 amide bonds. The molecule has 0 saturated carbocycles. The van der Waals surface area contributed by atoms with Crippen molar-refractivity contribution in [1.82, 2.24) is 14.7 Å². The minimum absolute atomic E-state index is 0.00125. The first-order valence-electron chi connectivity index (χ1n) is 13.3. The fraction of sp³-hybridized carbons (Fsp3) is 0.467. The van der Waals surface area contributed by atoms with Gasteiger partial charge in [0.2, 0.25) is 17.7 Å². The summed E-state index contributed by atoms with van der Waals surface area (Å²) in [7, 11) is 1.75. The average Bonchev–Trinajstić information content (AvgIpc) is 3.31. The normalized spacial score (nSPS) is 18.4. The standard InChI is InChI=1S/C30H38N4O4/c1-30(2,3)34-20-23(18-26(34)35)28(37)33-16-14-22(15-17-33)27(36)31-25-13-9-8-12-24(25)29(38)32(4)19-21-10-6-5-7-11-21/h5-13,22-23H,14-20H2,1-4H3,(H,31,36). The van der Waals surface area contributed by atoms with Crippen LogP contribution in [0.3, 0.4) is 0 Å². The maximum absolute atomic E-state index is 13.2. The summed E-state index contributed by atoms with van der Waals surface area (Å²) in [5.74, 6) is -0.855. The Morgan fingerprint density at radius 1 is 0.947 bits per heavy atom. The average molecular weight is 519 g/mol. The number of carbonyl (C=O) groups excluding carboxylic acids is 4. The summed E-state index contributed by atoms with van der Waals surface area (Å²) >= 11 is 0. The summed E-state index contributed by atoms with van der Waals surface area (Å²) in [4.78, 5) is 57.1. The summed E-state index contributed by atoms with van der Waals surface area (Å²) in [6.45, 7) is 7.83. The van der Waals surface area contributed by atoms with Gasteiger partial charge in [0.1, 0.15) is 0 Å². The fourth-order valence-electron chi connectivity index (χ4n) is 5.29. The number of hydrogen-bond donors (Lipinski definition) is 1. The first-order chi connectivity index (χ1) is 18.0. The lowest BCUT2D eigenvalue weighted by Gasteiger charge is -2.34. The summed E-state index contributed by atoms with van der Waals surface area (Å²) < 4.78 is 0. The molecule has 38 heavy (non-hydrogen) atoms. The molecule has 8 nitrogen and oxygen atoms in total. The molecular formula is C30H38N4O4. The van der Waals surface area contributed by atoms with Gasteiger partial charge in [-0.15, -0.1) is 0 Å². The van der Waals surface area contributed by atoms with Gasteiger partial charge < -0.3 is 20.0 Å². The quantitative estimate of drug-likeness (QED) is 0.630. The number of carbonyl (C=O) groups is 4. The molecular weight excluding hydrogens is 480 g/mol. The van der Waals surface area contributed by atoms with E-state index in [2.05, 4.69) is 5.32 Å².